The van der Waals surface area contributed by atoms with Crippen LogP contribution < -0.4 is 4.90 Å². The average Bonchev–Trinajstić information content (AvgIpc) is 1.30. The maximum atomic E-state index is 10.1. The number of benzene rings is 8. The van der Waals surface area contributed by atoms with Gasteiger partial charge in [-0.15, -0.1) is 0 Å². The number of fused-ring (bicyclic) bond motifs is 5. The van der Waals surface area contributed by atoms with E-state index in [4.69, 9.17) is 33.2 Å². The molecule has 10 rings (SSSR count). The van der Waals surface area contributed by atoms with Crippen molar-refractivity contribution in [1.82, 2.24) is 15.0 Å². The number of rotatable bonds is 7. The molecule has 0 bridgehead atoms. The Kier molecular flexibility index (Phi) is 3.12. The molecule has 254 valence electrons. The lowest BCUT2D eigenvalue weighted by atomic mass is 9.97. The molecular weight excluding hydrogens is 661 g/mol. The summed E-state index contributed by atoms with van der Waals surface area (Å²) in [5.41, 5.74) is -9.44. The van der Waals surface area contributed by atoms with Gasteiger partial charge in [-0.2, -0.15) is 0 Å². The van der Waals surface area contributed by atoms with Crippen molar-refractivity contribution in [3.8, 4) is 45.3 Å². The summed E-state index contributed by atoms with van der Waals surface area (Å²) in [5.74, 6) is -2.91. The Morgan fingerprint density at radius 3 is 1.56 bits per heavy atom. The van der Waals surface area contributed by atoms with Gasteiger partial charge in [-0.05, 0) is 58.8 Å². The highest BCUT2D eigenvalue weighted by molar-refractivity contribution is 6.23. The first-order chi connectivity index (χ1) is 40.1. The van der Waals surface area contributed by atoms with Crippen molar-refractivity contribution >= 4 is 49.8 Å². The molecule has 0 amide bonds. The van der Waals surface area contributed by atoms with Gasteiger partial charge in [0.25, 0.3) is 0 Å². The fourth-order valence-corrected chi connectivity index (χ4v) is 5.49. The number of hydrogen-bond acceptors (Lipinski definition) is 5. The van der Waals surface area contributed by atoms with E-state index in [-0.39, 0.29) is 0 Å². The van der Waals surface area contributed by atoms with Gasteiger partial charge in [0.1, 0.15) is 11.2 Å². The molecule has 0 spiro atoms. The Balaban J connectivity index is 1.52. The topological polar surface area (TPSA) is 55.1 Å². The average molecular weight is 725 g/mol. The van der Waals surface area contributed by atoms with Crippen LogP contribution in [0.5, 0.6) is 0 Å². The fourth-order valence-electron chi connectivity index (χ4n) is 5.49. The van der Waals surface area contributed by atoms with Crippen molar-refractivity contribution in [3.63, 3.8) is 0 Å². The maximum absolute atomic E-state index is 10.1. The van der Waals surface area contributed by atoms with Crippen LogP contribution in [0.2, 0.25) is 0 Å². The monoisotopic (exact) mass is 724 g/mol. The van der Waals surface area contributed by atoms with Gasteiger partial charge in [0, 0.05) is 44.2 Å². The summed E-state index contributed by atoms with van der Waals surface area (Å²) in [6.07, 6.45) is 0. The van der Waals surface area contributed by atoms with Crippen LogP contribution in [0, 0.1) is 0 Å². The molecule has 8 aromatic carbocycles. The second-order valence-corrected chi connectivity index (χ2v) is 10.8. The van der Waals surface area contributed by atoms with E-state index in [1.54, 1.807) is 0 Å². The SMILES string of the molecule is [2H]c1c([2H])c([2H])c(-c2nc(-c3c([2H])c([2H])c([2H])c([2H])c3[2H])nc(-c3c([2H])c4c(oc5c([2H])c([2H])c([2H])c([2H])c54)c4c(N(c5c([2H])c([2H])c([2H])c([2H])c5[2H])c5c([2H])c([2H])c(-c6c([2H])c([2H])c([2H])c([2H])c6[2H])c([2H])c5[2H])c([2H])c([2H])c([2H])c34)n2)c([2H])c1[2H]. The molecule has 0 fully saturated rings. The van der Waals surface area contributed by atoms with Gasteiger partial charge in [0.05, 0.1) is 49.6 Å². The number of aromatic nitrogens is 3. The van der Waals surface area contributed by atoms with Crippen molar-refractivity contribution in [1.29, 1.82) is 0 Å². The summed E-state index contributed by atoms with van der Waals surface area (Å²) < 4.78 is 292. The lowest BCUT2D eigenvalue weighted by molar-refractivity contribution is 0.672. The van der Waals surface area contributed by atoms with Crippen LogP contribution in [-0.2, 0) is 0 Å². The minimum atomic E-state index is -1.30. The van der Waals surface area contributed by atoms with Crippen molar-refractivity contribution in [2.75, 3.05) is 4.90 Å². The van der Waals surface area contributed by atoms with Crippen LogP contribution in [0.15, 0.2) is 198 Å². The fraction of sp³-hybridized carbons (Fsp3) is 0. The number of nitrogens with zero attached hydrogens (tertiary/aromatic N) is 4. The Labute approximate surface area is 357 Å². The summed E-state index contributed by atoms with van der Waals surface area (Å²) in [5, 5.41) is -3.22. The lowest BCUT2D eigenvalue weighted by Gasteiger charge is -2.27. The van der Waals surface area contributed by atoms with Gasteiger partial charge in [0.15, 0.2) is 17.5 Å². The molecule has 2 heterocycles. The Hall–Kier alpha value is -7.37. The van der Waals surface area contributed by atoms with Crippen molar-refractivity contribution in [2.24, 2.45) is 0 Å². The Morgan fingerprint density at radius 1 is 0.407 bits per heavy atom. The minimum absolute atomic E-state index is 0.369. The number of para-hydroxylation sites is 2. The molecule has 5 heteroatoms. The molecule has 0 saturated carbocycles. The van der Waals surface area contributed by atoms with E-state index in [1.807, 2.05) is 0 Å². The van der Waals surface area contributed by atoms with E-state index in [0.29, 0.717) is 4.90 Å². The molecule has 5 nitrogen and oxygen atoms in total. The van der Waals surface area contributed by atoms with E-state index in [9.17, 15) is 15.1 Å². The molecule has 0 aliphatic carbocycles. The van der Waals surface area contributed by atoms with Gasteiger partial charge in [-0.25, -0.2) is 15.0 Å². The number of furan rings is 1. The minimum Gasteiger partial charge on any atom is -0.455 e. The molecule has 0 N–H and O–H groups in total. The van der Waals surface area contributed by atoms with Crippen LogP contribution in [0.1, 0.15) is 43.9 Å². The van der Waals surface area contributed by atoms with E-state index in [1.165, 1.54) is 0 Å². The zero-order valence-electron chi connectivity index (χ0n) is 58.7. The van der Waals surface area contributed by atoms with Gasteiger partial charge in [-0.1, -0.05) is 151 Å². The summed E-state index contributed by atoms with van der Waals surface area (Å²) in [6, 6.07) is -33.8. The molecule has 0 saturated heterocycles. The summed E-state index contributed by atoms with van der Waals surface area (Å²) in [4.78, 5) is 13.5. The van der Waals surface area contributed by atoms with E-state index >= 15 is 0 Å². The Bertz CT molecular complexity index is 4580. The van der Waals surface area contributed by atoms with Crippen molar-refractivity contribution in [3.05, 3.63) is 193 Å². The third kappa shape index (κ3) is 5.56. The normalized spacial score (nSPS) is 19.6. The zero-order valence-corrected chi connectivity index (χ0v) is 26.7. The highest BCUT2D eigenvalue weighted by Gasteiger charge is 2.24. The van der Waals surface area contributed by atoms with Crippen LogP contribution >= 0.6 is 0 Å². The van der Waals surface area contributed by atoms with Crippen LogP contribution in [-0.4, -0.2) is 15.0 Å². The van der Waals surface area contributed by atoms with E-state index < -0.39 is 288 Å². The van der Waals surface area contributed by atoms with Crippen LogP contribution in [0.3, 0.4) is 0 Å². The highest BCUT2D eigenvalue weighted by atomic mass is 16.3. The smallest absolute Gasteiger partial charge is 0.164 e. The van der Waals surface area contributed by atoms with Gasteiger partial charge >= 0.3 is 0 Å². The summed E-state index contributed by atoms with van der Waals surface area (Å²) >= 11 is 0. The van der Waals surface area contributed by atoms with Gasteiger partial charge in [0.2, 0.25) is 0 Å². The van der Waals surface area contributed by atoms with Gasteiger partial charge < -0.3 is 9.32 Å². The molecule has 0 aliphatic rings. The molecule has 0 unspecified atom stereocenters. The molecule has 0 atom stereocenters. The zero-order chi connectivity index (χ0) is 63.7. The Morgan fingerprint density at radius 2 is 0.907 bits per heavy atom. The first-order valence-corrected chi connectivity index (χ1v) is 15.4. The number of anilines is 3. The summed E-state index contributed by atoms with van der Waals surface area (Å²) in [7, 11) is 0. The first kappa shape index (κ1) is 12.6. The molecular formula is C49H32N4O. The third-order valence-corrected chi connectivity index (χ3v) is 7.74. The third-order valence-electron chi connectivity index (χ3n) is 7.74. The second kappa shape index (κ2) is 13.3. The molecule has 54 heavy (non-hydrogen) atoms. The molecule has 10 aromatic rings. The lowest BCUT2D eigenvalue weighted by Crippen LogP contribution is -2.10. The largest absolute Gasteiger partial charge is 0.455 e. The predicted octanol–water partition coefficient (Wildman–Crippen LogP) is 13.1. The summed E-state index contributed by atoms with van der Waals surface area (Å²) in [6.45, 7) is 0. The number of hydrogen-bond donors (Lipinski definition) is 0. The molecule has 0 radical (unpaired) electrons. The van der Waals surface area contributed by atoms with Crippen LogP contribution in [0.25, 0.3) is 78.0 Å². The quantitative estimate of drug-likeness (QED) is 0.164. The van der Waals surface area contributed by atoms with Crippen molar-refractivity contribution < 1.29 is 48.3 Å². The standard InChI is InChI=1S/C49H32N4O/c1-5-16-33(17-6-1)34-28-30-38(31-29-34)53(37-22-11-4-12-23-37)43-26-15-25-40-42(32-41-39-24-13-14-27-44(39)54-46(41)45(40)43)49-51-47(35-18-7-2-8-19-35)50-48(52-49)36-20-9-3-10-21-36/h1-32H/i1D,2D,3D,4D,5D,6D,7D,8D,9D,10D,11D,12D,13D,14D,15D,16D,17D,18D,19D,20D,21D,22D,23D,24D,25D,26D,27D,28D,29D,30D,31D,32D. The molecule has 2 aromatic heterocycles. The maximum Gasteiger partial charge on any atom is 0.164 e. The second-order valence-electron chi connectivity index (χ2n) is 10.8. The first-order valence-electron chi connectivity index (χ1n) is 31.4. The van der Waals surface area contributed by atoms with E-state index in [0.717, 1.165) is 0 Å². The van der Waals surface area contributed by atoms with Crippen LogP contribution in [0.4, 0.5) is 17.1 Å². The predicted molar refractivity (Wildman–Crippen MR) is 221 cm³/mol. The highest BCUT2D eigenvalue weighted by Crippen LogP contribution is 2.46. The van der Waals surface area contributed by atoms with Crippen molar-refractivity contribution in [2.45, 2.75) is 0 Å². The van der Waals surface area contributed by atoms with Gasteiger partial charge in [-0.3, -0.25) is 0 Å². The molecule has 0 aliphatic heterocycles. The van der Waals surface area contributed by atoms with E-state index in [2.05, 4.69) is 15.0 Å².